The number of carbonyl (C=O) groups excluding carboxylic acids is 1. The van der Waals surface area contributed by atoms with Crippen LogP contribution < -0.4 is 5.56 Å². The van der Waals surface area contributed by atoms with Crippen molar-refractivity contribution in [3.8, 4) is 0 Å². The van der Waals surface area contributed by atoms with Crippen LogP contribution >= 0.6 is 0 Å². The third-order valence-electron chi connectivity index (χ3n) is 8.12. The van der Waals surface area contributed by atoms with E-state index in [4.69, 9.17) is 14.2 Å². The highest BCUT2D eigenvalue weighted by Crippen LogP contribution is 2.35. The van der Waals surface area contributed by atoms with Gasteiger partial charge in [0.25, 0.3) is 5.56 Å². The number of likely N-dealkylation sites (tertiary alicyclic amines) is 1. The monoisotopic (exact) mass is 511 g/mol. The third kappa shape index (κ3) is 5.19. The largest absolute Gasteiger partial charge is 0.415 e. The molecule has 0 N–H and O–H groups in total. The van der Waals surface area contributed by atoms with Gasteiger partial charge in [-0.05, 0) is 31.9 Å². The van der Waals surface area contributed by atoms with Crippen molar-refractivity contribution >= 4 is 16.9 Å². The molecular weight excluding hydrogens is 475 g/mol. The number of carbonyl (C=O) groups is 1. The number of esters is 1. The molecule has 1 aromatic carbocycles. The van der Waals surface area contributed by atoms with Crippen molar-refractivity contribution in [2.24, 2.45) is 5.92 Å². The Labute approximate surface area is 216 Å². The SMILES string of the molecule is Cc1nc2n(c(=O)c1CC[N+]1(COC(=O)C(C)C)CCC(c3noc4cc(F)ccc34)CC1)CCCC2. The number of piperidine rings is 1. The van der Waals surface area contributed by atoms with Crippen LogP contribution in [0.4, 0.5) is 4.39 Å². The zero-order valence-corrected chi connectivity index (χ0v) is 22.0. The molecule has 1 saturated heterocycles. The van der Waals surface area contributed by atoms with E-state index in [-0.39, 0.29) is 35.9 Å². The van der Waals surface area contributed by atoms with E-state index in [1.165, 1.54) is 12.1 Å². The van der Waals surface area contributed by atoms with Gasteiger partial charge in [-0.25, -0.2) is 9.37 Å². The molecule has 0 spiro atoms. The van der Waals surface area contributed by atoms with Gasteiger partial charge in [0.05, 0.1) is 31.2 Å². The number of hydrogen-bond donors (Lipinski definition) is 0. The Morgan fingerprint density at radius 1 is 1.27 bits per heavy atom. The van der Waals surface area contributed by atoms with Crippen LogP contribution in [-0.4, -0.2) is 51.5 Å². The molecule has 9 heteroatoms. The van der Waals surface area contributed by atoms with E-state index in [0.29, 0.717) is 23.0 Å². The van der Waals surface area contributed by atoms with Crippen LogP contribution in [0.5, 0.6) is 0 Å². The molecule has 2 aromatic heterocycles. The number of aryl methyl sites for hydroxylation is 2. The normalized spacial score (nSPS) is 21.8. The molecule has 8 nitrogen and oxygen atoms in total. The number of halogens is 1. The molecule has 5 rings (SSSR count). The Bertz CT molecular complexity index is 1350. The number of hydrogen-bond acceptors (Lipinski definition) is 6. The molecule has 0 radical (unpaired) electrons. The Morgan fingerprint density at radius 2 is 2.05 bits per heavy atom. The minimum atomic E-state index is -0.343. The van der Waals surface area contributed by atoms with Gasteiger partial charge in [-0.3, -0.25) is 18.6 Å². The fourth-order valence-corrected chi connectivity index (χ4v) is 5.77. The average Bonchev–Trinajstić information content (AvgIpc) is 3.30. The first-order valence-electron chi connectivity index (χ1n) is 13.4. The van der Waals surface area contributed by atoms with E-state index in [0.717, 1.165) is 79.9 Å². The van der Waals surface area contributed by atoms with E-state index < -0.39 is 0 Å². The standard InChI is InChI=1S/C28H36FN4O4/c1-18(2)28(35)36-17-33(15-11-22-19(3)30-25-6-4-5-12-32(25)27(22)34)13-9-20(10-14-33)26-23-8-7-21(29)16-24(23)37-31-26/h7-8,16,18,20H,4-6,9-15,17H2,1-3H3/q+1. The number of fused-ring (bicyclic) bond motifs is 2. The first kappa shape index (κ1) is 25.6. The molecule has 0 saturated carbocycles. The smallest absolute Gasteiger partial charge is 0.312 e. The van der Waals surface area contributed by atoms with E-state index >= 15 is 0 Å². The van der Waals surface area contributed by atoms with Gasteiger partial charge >= 0.3 is 5.97 Å². The number of rotatable bonds is 7. The Morgan fingerprint density at radius 3 is 2.81 bits per heavy atom. The minimum absolute atomic E-state index is 0.0794. The van der Waals surface area contributed by atoms with Crippen molar-refractivity contribution in [1.82, 2.24) is 14.7 Å². The lowest BCUT2D eigenvalue weighted by molar-refractivity contribution is -0.948. The number of aromatic nitrogens is 3. The van der Waals surface area contributed by atoms with Crippen molar-refractivity contribution < 1.29 is 22.9 Å². The highest BCUT2D eigenvalue weighted by Gasteiger charge is 2.37. The zero-order valence-electron chi connectivity index (χ0n) is 22.0. The summed E-state index contributed by atoms with van der Waals surface area (Å²) in [6.45, 7) is 8.88. The highest BCUT2D eigenvalue weighted by atomic mass is 19.1. The lowest BCUT2D eigenvalue weighted by Gasteiger charge is -2.42. The van der Waals surface area contributed by atoms with Crippen LogP contribution in [0.1, 0.15) is 68.2 Å². The van der Waals surface area contributed by atoms with E-state index in [1.807, 2.05) is 25.3 Å². The summed E-state index contributed by atoms with van der Waals surface area (Å²) < 4.78 is 27.2. The van der Waals surface area contributed by atoms with Crippen molar-refractivity contribution in [1.29, 1.82) is 0 Å². The van der Waals surface area contributed by atoms with Crippen molar-refractivity contribution in [2.45, 2.75) is 71.8 Å². The molecule has 3 aromatic rings. The van der Waals surface area contributed by atoms with Gasteiger partial charge in [0.1, 0.15) is 11.6 Å². The molecule has 0 atom stereocenters. The lowest BCUT2D eigenvalue weighted by atomic mass is 9.90. The summed E-state index contributed by atoms with van der Waals surface area (Å²) >= 11 is 0. The predicted molar refractivity (Wildman–Crippen MR) is 136 cm³/mol. The first-order chi connectivity index (χ1) is 17.8. The summed E-state index contributed by atoms with van der Waals surface area (Å²) in [6.07, 6.45) is 5.19. The van der Waals surface area contributed by atoms with Gasteiger partial charge in [0.15, 0.2) is 5.58 Å². The Hall–Kier alpha value is -3.07. The van der Waals surface area contributed by atoms with Crippen LogP contribution in [0.15, 0.2) is 27.5 Å². The van der Waals surface area contributed by atoms with Crippen LogP contribution in [0.2, 0.25) is 0 Å². The van der Waals surface area contributed by atoms with Gasteiger partial charge in [-0.15, -0.1) is 0 Å². The average molecular weight is 512 g/mol. The number of ether oxygens (including phenoxy) is 1. The molecule has 1 fully saturated rings. The van der Waals surface area contributed by atoms with Crippen LogP contribution in [0, 0.1) is 18.7 Å². The quantitative estimate of drug-likeness (QED) is 0.348. The second kappa shape index (κ2) is 10.4. The van der Waals surface area contributed by atoms with E-state index in [1.54, 1.807) is 6.07 Å². The van der Waals surface area contributed by atoms with Gasteiger partial charge in [-0.1, -0.05) is 19.0 Å². The molecule has 37 heavy (non-hydrogen) atoms. The van der Waals surface area contributed by atoms with Gasteiger partial charge in [-0.2, -0.15) is 0 Å². The maximum atomic E-state index is 13.6. The Balaban J connectivity index is 1.35. The summed E-state index contributed by atoms with van der Waals surface area (Å²) in [6, 6.07) is 4.54. The van der Waals surface area contributed by atoms with E-state index in [2.05, 4.69) is 5.16 Å². The summed E-state index contributed by atoms with van der Waals surface area (Å²) in [5.74, 6) is 0.320. The zero-order chi connectivity index (χ0) is 26.2. The van der Waals surface area contributed by atoms with Gasteiger partial charge in [0.2, 0.25) is 6.73 Å². The van der Waals surface area contributed by atoms with Gasteiger partial charge in [0, 0.05) is 60.9 Å². The van der Waals surface area contributed by atoms with Crippen LogP contribution in [0.3, 0.4) is 0 Å². The van der Waals surface area contributed by atoms with Crippen LogP contribution in [0.25, 0.3) is 11.0 Å². The molecule has 0 aliphatic carbocycles. The molecule has 0 bridgehead atoms. The lowest BCUT2D eigenvalue weighted by Crippen LogP contribution is -2.55. The fourth-order valence-electron chi connectivity index (χ4n) is 5.77. The summed E-state index contributed by atoms with van der Waals surface area (Å²) in [5.41, 5.74) is 2.98. The minimum Gasteiger partial charge on any atom is -0.415 e. The second-order valence-corrected chi connectivity index (χ2v) is 11.0. The molecular formula is C28H36FN4O4+. The third-order valence-corrected chi connectivity index (χ3v) is 8.12. The topological polar surface area (TPSA) is 87.2 Å². The predicted octanol–water partition coefficient (Wildman–Crippen LogP) is 4.26. The molecule has 2 aliphatic heterocycles. The molecule has 198 valence electrons. The number of quaternary nitrogens is 1. The fraction of sp³-hybridized carbons (Fsp3) is 0.571. The van der Waals surface area contributed by atoms with Crippen molar-refractivity contribution in [2.75, 3.05) is 26.4 Å². The van der Waals surface area contributed by atoms with Crippen molar-refractivity contribution in [3.63, 3.8) is 0 Å². The summed E-state index contributed by atoms with van der Waals surface area (Å²) in [7, 11) is 0. The molecule has 0 amide bonds. The molecule has 0 unspecified atom stereocenters. The van der Waals surface area contributed by atoms with Crippen LogP contribution in [-0.2, 0) is 28.9 Å². The number of benzene rings is 1. The maximum absolute atomic E-state index is 13.6. The molecule has 2 aliphatic rings. The van der Waals surface area contributed by atoms with Crippen molar-refractivity contribution in [3.05, 3.63) is 57.1 Å². The molecule has 4 heterocycles. The maximum Gasteiger partial charge on any atom is 0.312 e. The highest BCUT2D eigenvalue weighted by molar-refractivity contribution is 5.79. The second-order valence-electron chi connectivity index (χ2n) is 11.0. The number of nitrogens with zero attached hydrogens (tertiary/aromatic N) is 4. The Kier molecular flexibility index (Phi) is 7.16. The van der Waals surface area contributed by atoms with E-state index in [9.17, 15) is 14.0 Å². The summed E-state index contributed by atoms with van der Waals surface area (Å²) in [5, 5.41) is 5.13. The first-order valence-corrected chi connectivity index (χ1v) is 13.4. The van der Waals surface area contributed by atoms with Gasteiger partial charge < -0.3 is 9.26 Å². The summed E-state index contributed by atoms with van der Waals surface area (Å²) in [4.78, 5) is 30.4.